The molecule has 0 saturated carbocycles. The Bertz CT molecular complexity index is 434. The number of aliphatic hydroxyl groups excluding tert-OH is 5. The van der Waals surface area contributed by atoms with Gasteiger partial charge in [-0.15, -0.1) is 0 Å². The second-order valence-corrected chi connectivity index (χ2v) is 3.93. The largest absolute Gasteiger partial charge is 0.463 e. The predicted molar refractivity (Wildman–Crippen MR) is 65.6 cm³/mol. The van der Waals surface area contributed by atoms with E-state index < -0.39 is 36.9 Å². The van der Waals surface area contributed by atoms with Crippen LogP contribution in [0.5, 0.6) is 0 Å². The fraction of sp³-hybridized carbons (Fsp3) is 0.455. The van der Waals surface area contributed by atoms with E-state index in [-0.39, 0.29) is 0 Å². The highest BCUT2D eigenvalue weighted by Gasteiger charge is 2.34. The molecular formula is C11H16N2O7. The van der Waals surface area contributed by atoms with E-state index >= 15 is 0 Å². The smallest absolute Gasteiger partial charge is 0.271 e. The predicted octanol–water partition coefficient (Wildman–Crippen LogP) is -2.83. The molecule has 1 heterocycles. The molecule has 0 radical (unpaired) electrons. The fourth-order valence-electron chi connectivity index (χ4n) is 1.27. The van der Waals surface area contributed by atoms with Crippen LogP contribution in [0.4, 0.5) is 0 Å². The first-order chi connectivity index (χ1) is 9.47. The molecule has 112 valence electrons. The molecule has 0 saturated heterocycles. The highest BCUT2D eigenvalue weighted by atomic mass is 16.4. The Labute approximate surface area is 113 Å². The number of hydrazone groups is 1. The lowest BCUT2D eigenvalue weighted by Gasteiger charge is -2.24. The summed E-state index contributed by atoms with van der Waals surface area (Å²) in [5, 5.41) is 49.3. The van der Waals surface area contributed by atoms with Crippen molar-refractivity contribution in [3.63, 3.8) is 0 Å². The molecule has 0 bridgehead atoms. The van der Waals surface area contributed by atoms with Crippen molar-refractivity contribution in [2.75, 3.05) is 6.61 Å². The molecule has 9 heteroatoms. The molecule has 0 aliphatic carbocycles. The fourth-order valence-corrected chi connectivity index (χ4v) is 1.27. The number of rotatable bonds is 7. The third-order valence-electron chi connectivity index (χ3n) is 2.43. The summed E-state index contributed by atoms with van der Waals surface area (Å²) >= 11 is 0. The highest BCUT2D eigenvalue weighted by molar-refractivity contribution is 5.83. The third-order valence-corrected chi connectivity index (χ3v) is 2.43. The Morgan fingerprint density at radius 1 is 1.35 bits per heavy atom. The van der Waals surface area contributed by atoms with Crippen LogP contribution in [0.3, 0.4) is 0 Å². The van der Waals surface area contributed by atoms with E-state index in [0.29, 0.717) is 5.76 Å². The van der Waals surface area contributed by atoms with Gasteiger partial charge in [-0.05, 0) is 12.1 Å². The normalized spacial score (nSPS) is 17.6. The zero-order valence-corrected chi connectivity index (χ0v) is 10.3. The van der Waals surface area contributed by atoms with Gasteiger partial charge in [-0.1, -0.05) is 0 Å². The number of furan rings is 1. The SMILES string of the molecule is O=C(N/N=C\c1ccco1)[C@H](O)[C@H](O)[C@H](O)[C@H](O)CO. The van der Waals surface area contributed by atoms with Crippen molar-refractivity contribution in [2.24, 2.45) is 5.10 Å². The summed E-state index contributed by atoms with van der Waals surface area (Å²) in [5.41, 5.74) is 1.92. The average molecular weight is 288 g/mol. The number of amides is 1. The van der Waals surface area contributed by atoms with Crippen LogP contribution in [0.2, 0.25) is 0 Å². The van der Waals surface area contributed by atoms with E-state index in [0.717, 1.165) is 6.21 Å². The van der Waals surface area contributed by atoms with Crippen molar-refractivity contribution in [1.82, 2.24) is 5.43 Å². The van der Waals surface area contributed by atoms with Crippen molar-refractivity contribution in [2.45, 2.75) is 24.4 Å². The lowest BCUT2D eigenvalue weighted by Crippen LogP contribution is -2.50. The summed E-state index contributed by atoms with van der Waals surface area (Å²) in [6.45, 7) is -0.830. The van der Waals surface area contributed by atoms with Gasteiger partial charge in [-0.2, -0.15) is 5.10 Å². The van der Waals surface area contributed by atoms with Gasteiger partial charge >= 0.3 is 0 Å². The van der Waals surface area contributed by atoms with Crippen LogP contribution >= 0.6 is 0 Å². The Kier molecular flexibility index (Phi) is 6.28. The van der Waals surface area contributed by atoms with Gasteiger partial charge in [0.05, 0.1) is 19.1 Å². The van der Waals surface area contributed by atoms with Gasteiger partial charge < -0.3 is 29.9 Å². The van der Waals surface area contributed by atoms with Gasteiger partial charge in [0, 0.05) is 0 Å². The van der Waals surface area contributed by atoms with Crippen molar-refractivity contribution in [1.29, 1.82) is 0 Å². The van der Waals surface area contributed by atoms with E-state index in [2.05, 4.69) is 5.10 Å². The lowest BCUT2D eigenvalue weighted by molar-refractivity contribution is -0.148. The Morgan fingerprint density at radius 3 is 2.60 bits per heavy atom. The van der Waals surface area contributed by atoms with Crippen LogP contribution in [-0.4, -0.2) is 68.7 Å². The maximum Gasteiger partial charge on any atom is 0.271 e. The zero-order valence-electron chi connectivity index (χ0n) is 10.3. The number of nitrogens with one attached hydrogen (secondary N) is 1. The van der Waals surface area contributed by atoms with Gasteiger partial charge in [-0.25, -0.2) is 5.43 Å². The van der Waals surface area contributed by atoms with Crippen LogP contribution in [0.1, 0.15) is 5.76 Å². The third kappa shape index (κ3) is 4.40. The number of hydrogen-bond donors (Lipinski definition) is 6. The van der Waals surface area contributed by atoms with Crippen LogP contribution < -0.4 is 5.43 Å². The van der Waals surface area contributed by atoms with Gasteiger partial charge in [-0.3, -0.25) is 4.79 Å². The molecule has 6 N–H and O–H groups in total. The second kappa shape index (κ2) is 7.72. The highest BCUT2D eigenvalue weighted by Crippen LogP contribution is 2.05. The first-order valence-corrected chi connectivity index (χ1v) is 5.67. The van der Waals surface area contributed by atoms with E-state index in [1.807, 2.05) is 5.43 Å². The zero-order chi connectivity index (χ0) is 15.1. The first-order valence-electron chi connectivity index (χ1n) is 5.67. The molecule has 0 fully saturated rings. The molecule has 1 aromatic rings. The molecule has 4 atom stereocenters. The summed E-state index contributed by atoms with van der Waals surface area (Å²) in [6.07, 6.45) is -5.01. The minimum Gasteiger partial charge on any atom is -0.463 e. The summed E-state index contributed by atoms with van der Waals surface area (Å²) in [5.74, 6) is -0.736. The number of carbonyl (C=O) groups is 1. The summed E-state index contributed by atoms with van der Waals surface area (Å²) in [7, 11) is 0. The molecule has 0 aliphatic rings. The Hall–Kier alpha value is -1.78. The van der Waals surface area contributed by atoms with Gasteiger partial charge in [0.1, 0.15) is 24.1 Å². The quantitative estimate of drug-likeness (QED) is 0.233. The molecule has 1 rings (SSSR count). The maximum atomic E-state index is 11.4. The Balaban J connectivity index is 2.49. The number of hydrogen-bond acceptors (Lipinski definition) is 8. The molecule has 20 heavy (non-hydrogen) atoms. The van der Waals surface area contributed by atoms with E-state index in [9.17, 15) is 20.1 Å². The standard InChI is InChI=1S/C11H16N2O7/c14-5-7(15)8(16)9(17)10(18)11(19)13-12-4-6-2-1-3-20-6/h1-4,7-10,14-18H,5H2,(H,13,19)/b12-4-/t7-,8-,9-,10-/m1/s1. The number of nitrogens with zero attached hydrogens (tertiary/aromatic N) is 1. The van der Waals surface area contributed by atoms with Crippen LogP contribution in [-0.2, 0) is 4.79 Å². The summed E-state index contributed by atoms with van der Waals surface area (Å²) in [6, 6.07) is 3.18. The minimum atomic E-state index is -2.03. The topological polar surface area (TPSA) is 156 Å². The van der Waals surface area contributed by atoms with E-state index in [4.69, 9.17) is 14.6 Å². The molecule has 0 unspecified atom stereocenters. The van der Waals surface area contributed by atoms with Crippen molar-refractivity contribution >= 4 is 12.1 Å². The van der Waals surface area contributed by atoms with Crippen molar-refractivity contribution in [3.8, 4) is 0 Å². The molecule has 1 amide bonds. The molecular weight excluding hydrogens is 272 g/mol. The van der Waals surface area contributed by atoms with Crippen molar-refractivity contribution < 1.29 is 34.7 Å². The van der Waals surface area contributed by atoms with E-state index in [1.165, 1.54) is 6.26 Å². The van der Waals surface area contributed by atoms with Gasteiger partial charge in [0.2, 0.25) is 0 Å². The molecule has 0 spiro atoms. The second-order valence-electron chi connectivity index (χ2n) is 3.93. The molecule has 0 aliphatic heterocycles. The minimum absolute atomic E-state index is 0.357. The monoisotopic (exact) mass is 288 g/mol. The van der Waals surface area contributed by atoms with Crippen LogP contribution in [0.25, 0.3) is 0 Å². The Morgan fingerprint density at radius 2 is 2.05 bits per heavy atom. The number of carbonyl (C=O) groups excluding carboxylic acids is 1. The maximum absolute atomic E-state index is 11.4. The van der Waals surface area contributed by atoms with Crippen LogP contribution in [0.15, 0.2) is 27.9 Å². The van der Waals surface area contributed by atoms with E-state index in [1.54, 1.807) is 12.1 Å². The number of aliphatic hydroxyl groups is 5. The van der Waals surface area contributed by atoms with Crippen LogP contribution in [0, 0.1) is 0 Å². The first kappa shape index (κ1) is 16.3. The molecule has 0 aromatic carbocycles. The summed E-state index contributed by atoms with van der Waals surface area (Å²) in [4.78, 5) is 11.4. The summed E-state index contributed by atoms with van der Waals surface area (Å²) < 4.78 is 4.89. The van der Waals surface area contributed by atoms with Gasteiger partial charge in [0.15, 0.2) is 6.10 Å². The van der Waals surface area contributed by atoms with Crippen molar-refractivity contribution in [3.05, 3.63) is 24.2 Å². The van der Waals surface area contributed by atoms with Gasteiger partial charge in [0.25, 0.3) is 5.91 Å². The molecule has 1 aromatic heterocycles. The molecule has 9 nitrogen and oxygen atoms in total. The lowest BCUT2D eigenvalue weighted by atomic mass is 10.0. The average Bonchev–Trinajstić information content (AvgIpc) is 2.97.